The van der Waals surface area contributed by atoms with E-state index >= 15 is 0 Å². The third-order valence-electron chi connectivity index (χ3n) is 4.03. The molecule has 0 bridgehead atoms. The van der Waals surface area contributed by atoms with E-state index in [1.807, 2.05) is 20.8 Å². The Morgan fingerprint density at radius 3 is 2.64 bits per heavy atom. The normalized spacial score (nSPS) is 29.3. The van der Waals surface area contributed by atoms with Crippen LogP contribution >= 0.6 is 0 Å². The summed E-state index contributed by atoms with van der Waals surface area (Å²) < 4.78 is 10.2. The van der Waals surface area contributed by atoms with Crippen molar-refractivity contribution in [2.24, 2.45) is 0 Å². The minimum atomic E-state index is -0.498. The Bertz CT molecular complexity index is 434. The molecule has 2 fully saturated rings. The quantitative estimate of drug-likeness (QED) is 0.741. The van der Waals surface area contributed by atoms with Gasteiger partial charge >= 0.3 is 12.1 Å². The molecule has 0 aromatic heterocycles. The van der Waals surface area contributed by atoms with Crippen molar-refractivity contribution in [1.29, 1.82) is 0 Å². The van der Waals surface area contributed by atoms with Gasteiger partial charge in [0.2, 0.25) is 0 Å². The van der Waals surface area contributed by atoms with Crippen molar-refractivity contribution in [3.63, 3.8) is 0 Å². The van der Waals surface area contributed by atoms with E-state index in [9.17, 15) is 9.59 Å². The number of ether oxygens (including phenoxy) is 2. The van der Waals surface area contributed by atoms with Crippen LogP contribution in [0.15, 0.2) is 0 Å². The monoisotopic (exact) mass is 314 g/mol. The Morgan fingerprint density at radius 1 is 1.27 bits per heavy atom. The molecule has 2 aliphatic heterocycles. The van der Waals surface area contributed by atoms with E-state index in [0.717, 1.165) is 12.8 Å². The Morgan fingerprint density at radius 2 is 2.00 bits per heavy atom. The summed E-state index contributed by atoms with van der Waals surface area (Å²) >= 11 is 0. The van der Waals surface area contributed by atoms with Crippen LogP contribution in [0.4, 0.5) is 4.79 Å². The minimum Gasteiger partial charge on any atom is -0.468 e. The van der Waals surface area contributed by atoms with Gasteiger partial charge in [-0.15, -0.1) is 0 Å². The van der Waals surface area contributed by atoms with Gasteiger partial charge in [0, 0.05) is 19.5 Å². The van der Waals surface area contributed by atoms with Crippen molar-refractivity contribution in [3.05, 3.63) is 0 Å². The number of rotatable bonds is 1. The van der Waals surface area contributed by atoms with Gasteiger partial charge < -0.3 is 14.4 Å². The molecule has 1 amide bonds. The highest BCUT2D eigenvalue weighted by atomic mass is 16.7. The second-order valence-electron chi connectivity index (χ2n) is 7.00. The Labute approximate surface area is 131 Å². The highest BCUT2D eigenvalue weighted by Gasteiger charge is 2.45. The number of carbonyl (C=O) groups excluding carboxylic acids is 2. The lowest BCUT2D eigenvalue weighted by Crippen LogP contribution is -2.38. The fourth-order valence-corrected chi connectivity index (χ4v) is 2.91. The van der Waals surface area contributed by atoms with E-state index < -0.39 is 17.2 Å². The molecule has 2 rings (SSSR count). The lowest BCUT2D eigenvalue weighted by atomic mass is 9.89. The van der Waals surface area contributed by atoms with E-state index in [4.69, 9.17) is 14.3 Å². The molecule has 0 aromatic carbocycles. The van der Waals surface area contributed by atoms with Crippen molar-refractivity contribution >= 4 is 12.1 Å². The first-order valence-electron chi connectivity index (χ1n) is 7.74. The Hall–Kier alpha value is -1.34. The summed E-state index contributed by atoms with van der Waals surface area (Å²) in [4.78, 5) is 31.2. The number of hydrogen-bond acceptors (Lipinski definition) is 6. The zero-order valence-corrected chi connectivity index (χ0v) is 13.8. The van der Waals surface area contributed by atoms with Gasteiger partial charge in [0.25, 0.3) is 0 Å². The summed E-state index contributed by atoms with van der Waals surface area (Å²) in [6.45, 7) is 6.77. The maximum atomic E-state index is 12.2. The first-order chi connectivity index (χ1) is 10.2. The van der Waals surface area contributed by atoms with Crippen molar-refractivity contribution in [2.45, 2.75) is 63.7 Å². The minimum absolute atomic E-state index is 0.292. The molecule has 2 saturated heterocycles. The average Bonchev–Trinajstić information content (AvgIpc) is 2.72. The number of hydroxylamine groups is 1. The lowest BCUT2D eigenvalue weighted by molar-refractivity contribution is -0.144. The summed E-state index contributed by atoms with van der Waals surface area (Å²) in [6, 6.07) is -0.432. The van der Waals surface area contributed by atoms with Gasteiger partial charge in [0.15, 0.2) is 0 Å². The van der Waals surface area contributed by atoms with Crippen LogP contribution in [0.5, 0.6) is 0 Å². The molecule has 1 spiro atoms. The molecule has 2 aliphatic rings. The van der Waals surface area contributed by atoms with Crippen molar-refractivity contribution < 1.29 is 23.9 Å². The number of methoxy groups -OCH3 is 1. The molecular weight excluding hydrogens is 288 g/mol. The van der Waals surface area contributed by atoms with Crippen molar-refractivity contribution in [2.75, 3.05) is 20.2 Å². The van der Waals surface area contributed by atoms with E-state index in [2.05, 4.69) is 5.48 Å². The van der Waals surface area contributed by atoms with Crippen LogP contribution in [0.25, 0.3) is 0 Å². The number of esters is 1. The largest absolute Gasteiger partial charge is 0.468 e. The summed E-state index contributed by atoms with van der Waals surface area (Å²) in [5, 5.41) is 0. The molecule has 2 heterocycles. The number of hydrogen-bond donors (Lipinski definition) is 1. The van der Waals surface area contributed by atoms with Gasteiger partial charge in [-0.05, 0) is 40.0 Å². The van der Waals surface area contributed by atoms with Gasteiger partial charge in [-0.3, -0.25) is 9.63 Å². The van der Waals surface area contributed by atoms with Crippen LogP contribution in [-0.4, -0.2) is 54.4 Å². The maximum absolute atomic E-state index is 12.2. The van der Waals surface area contributed by atoms with Gasteiger partial charge in [0.1, 0.15) is 11.6 Å². The molecule has 0 aromatic rings. The fraction of sp³-hybridized carbons (Fsp3) is 0.867. The first-order valence-corrected chi connectivity index (χ1v) is 7.74. The molecular formula is C15H26N2O5. The zero-order valence-electron chi connectivity index (χ0n) is 13.8. The first kappa shape index (κ1) is 17.0. The molecule has 7 nitrogen and oxygen atoms in total. The van der Waals surface area contributed by atoms with E-state index in [0.29, 0.717) is 25.9 Å². The predicted molar refractivity (Wildman–Crippen MR) is 79.0 cm³/mol. The van der Waals surface area contributed by atoms with E-state index in [1.165, 1.54) is 7.11 Å². The highest BCUT2D eigenvalue weighted by Crippen LogP contribution is 2.35. The summed E-state index contributed by atoms with van der Waals surface area (Å²) in [7, 11) is 1.37. The van der Waals surface area contributed by atoms with Gasteiger partial charge in [-0.1, -0.05) is 0 Å². The predicted octanol–water partition coefficient (Wildman–Crippen LogP) is 1.61. The fourth-order valence-electron chi connectivity index (χ4n) is 2.91. The van der Waals surface area contributed by atoms with Crippen LogP contribution in [0.2, 0.25) is 0 Å². The molecule has 7 heteroatoms. The summed E-state index contributed by atoms with van der Waals surface area (Å²) in [6.07, 6.45) is 2.57. The molecule has 2 atom stereocenters. The van der Waals surface area contributed by atoms with Crippen molar-refractivity contribution in [3.8, 4) is 0 Å². The number of nitrogens with one attached hydrogen (secondary N) is 1. The molecule has 0 aliphatic carbocycles. The van der Waals surface area contributed by atoms with Crippen LogP contribution < -0.4 is 5.48 Å². The van der Waals surface area contributed by atoms with E-state index in [-0.39, 0.29) is 12.1 Å². The molecule has 0 saturated carbocycles. The summed E-state index contributed by atoms with van der Waals surface area (Å²) in [5.74, 6) is -0.315. The SMILES string of the molecule is COC(=O)C1CC2(CCCN(C(=O)OC(C)(C)C)CC2)ON1. The molecule has 2 unspecified atom stereocenters. The van der Waals surface area contributed by atoms with Crippen LogP contribution in [0.1, 0.15) is 46.5 Å². The molecule has 1 N–H and O–H groups in total. The topological polar surface area (TPSA) is 77.1 Å². The third kappa shape index (κ3) is 4.10. The number of amides is 1. The van der Waals surface area contributed by atoms with Crippen molar-refractivity contribution in [1.82, 2.24) is 10.4 Å². The molecule has 22 heavy (non-hydrogen) atoms. The Balaban J connectivity index is 1.93. The van der Waals surface area contributed by atoms with Crippen LogP contribution in [0, 0.1) is 0 Å². The smallest absolute Gasteiger partial charge is 0.410 e. The lowest BCUT2D eigenvalue weighted by Gasteiger charge is -2.27. The van der Waals surface area contributed by atoms with Crippen LogP contribution in [-0.2, 0) is 19.1 Å². The number of likely N-dealkylation sites (tertiary alicyclic amines) is 1. The molecule has 0 radical (unpaired) electrons. The maximum Gasteiger partial charge on any atom is 0.410 e. The molecule has 126 valence electrons. The van der Waals surface area contributed by atoms with Gasteiger partial charge in [-0.2, -0.15) is 5.48 Å². The third-order valence-corrected chi connectivity index (χ3v) is 4.03. The number of nitrogens with zero attached hydrogens (tertiary/aromatic N) is 1. The van der Waals surface area contributed by atoms with Gasteiger partial charge in [0.05, 0.1) is 12.7 Å². The number of carbonyl (C=O) groups is 2. The van der Waals surface area contributed by atoms with Crippen LogP contribution in [0.3, 0.4) is 0 Å². The summed E-state index contributed by atoms with van der Waals surface area (Å²) in [5.41, 5.74) is 1.86. The van der Waals surface area contributed by atoms with Gasteiger partial charge in [-0.25, -0.2) is 4.79 Å². The highest BCUT2D eigenvalue weighted by molar-refractivity contribution is 5.75. The second kappa shape index (κ2) is 6.42. The Kier molecular flexibility index (Phi) is 4.97. The van der Waals surface area contributed by atoms with E-state index in [1.54, 1.807) is 4.90 Å². The second-order valence-corrected chi connectivity index (χ2v) is 7.00. The zero-order chi connectivity index (χ0) is 16.4. The standard InChI is InChI=1S/C15H26N2O5/c1-14(2,3)21-13(19)17-8-5-6-15(7-9-17)10-11(16-22-15)12(18)20-4/h11,16H,5-10H2,1-4H3. The average molecular weight is 314 g/mol.